The molecule has 0 aromatic carbocycles. The third-order valence-electron chi connectivity index (χ3n) is 12.2. The normalized spacial score (nSPS) is 37.9. The molecule has 0 radical (unpaired) electrons. The molecule has 4 rings (SSSR count). The van der Waals surface area contributed by atoms with Gasteiger partial charge in [-0.3, -0.25) is 14.4 Å². The summed E-state index contributed by atoms with van der Waals surface area (Å²) in [4.78, 5) is 37.8. The Morgan fingerprint density at radius 3 is 2.33 bits per heavy atom. The molecule has 0 aromatic heterocycles. The average Bonchev–Trinajstić information content (AvgIpc) is 3.20. The van der Waals surface area contributed by atoms with E-state index < -0.39 is 17.2 Å². The fourth-order valence-electron chi connectivity index (χ4n) is 10.0. The number of Topliss-reactive ketones (excluding diaryl/α,β-unsaturated/α-hetero) is 2. The third-order valence-corrected chi connectivity index (χ3v) is 12.2. The maximum absolute atomic E-state index is 14.0. The maximum atomic E-state index is 14.0. The van der Waals surface area contributed by atoms with Crippen LogP contribution in [0.1, 0.15) is 126 Å². The molecule has 42 heavy (non-hydrogen) atoms. The van der Waals surface area contributed by atoms with E-state index in [0.717, 1.165) is 44.9 Å². The molecule has 0 heterocycles. The van der Waals surface area contributed by atoms with Gasteiger partial charge in [0.25, 0.3) is 0 Å². The summed E-state index contributed by atoms with van der Waals surface area (Å²) in [5, 5.41) is 0. The van der Waals surface area contributed by atoms with Crippen LogP contribution in [-0.2, 0) is 19.1 Å². The molecule has 0 saturated heterocycles. The molecule has 0 aliphatic heterocycles. The van der Waals surface area contributed by atoms with Crippen molar-refractivity contribution in [2.45, 2.75) is 138 Å². The Kier molecular flexibility index (Phi) is 9.52. The summed E-state index contributed by atoms with van der Waals surface area (Å²) in [6, 6.07) is 0. The predicted molar refractivity (Wildman–Crippen MR) is 157 cm³/mol. The number of allylic oxidation sites excluding steroid dienone is 2. The van der Waals surface area contributed by atoms with E-state index in [0.29, 0.717) is 36.4 Å². The first kappa shape index (κ1) is 33.2. The van der Waals surface area contributed by atoms with Crippen molar-refractivity contribution < 1.29 is 32.3 Å². The van der Waals surface area contributed by atoms with Gasteiger partial charge in [0, 0.05) is 36.7 Å². The highest BCUT2D eigenvalue weighted by atomic mass is 19.4. The van der Waals surface area contributed by atoms with Crippen molar-refractivity contribution in [3.05, 3.63) is 11.6 Å². The second kappa shape index (κ2) is 12.0. The van der Waals surface area contributed by atoms with Crippen molar-refractivity contribution in [3.63, 3.8) is 0 Å². The first-order chi connectivity index (χ1) is 19.4. The van der Waals surface area contributed by atoms with Gasteiger partial charge >= 0.3 is 12.1 Å². The highest BCUT2D eigenvalue weighted by molar-refractivity contribution is 5.84. The van der Waals surface area contributed by atoms with Crippen LogP contribution in [0.4, 0.5) is 13.2 Å². The van der Waals surface area contributed by atoms with Crippen LogP contribution in [0.15, 0.2) is 11.6 Å². The highest BCUT2D eigenvalue weighted by Gasteiger charge is 2.63. The lowest BCUT2D eigenvalue weighted by atomic mass is 9.44. The smallest absolute Gasteiger partial charge is 0.412 e. The van der Waals surface area contributed by atoms with Crippen LogP contribution in [0.2, 0.25) is 0 Å². The lowest BCUT2D eigenvalue weighted by molar-refractivity contribution is -0.169. The predicted octanol–water partition coefficient (Wildman–Crippen LogP) is 9.06. The Labute approximate surface area is 251 Å². The van der Waals surface area contributed by atoms with Gasteiger partial charge in [-0.05, 0) is 105 Å². The first-order valence-corrected chi connectivity index (χ1v) is 16.4. The van der Waals surface area contributed by atoms with E-state index in [1.807, 2.05) is 0 Å². The second-order valence-electron chi connectivity index (χ2n) is 15.8. The monoisotopic (exact) mass is 594 g/mol. The van der Waals surface area contributed by atoms with Gasteiger partial charge in [-0.15, -0.1) is 0 Å². The van der Waals surface area contributed by atoms with Crippen LogP contribution in [0.25, 0.3) is 0 Å². The molecular formula is C35H53F3O4. The molecule has 7 heteroatoms. The van der Waals surface area contributed by atoms with Crippen LogP contribution in [0.5, 0.6) is 0 Å². The van der Waals surface area contributed by atoms with E-state index in [1.54, 1.807) is 20.8 Å². The summed E-state index contributed by atoms with van der Waals surface area (Å²) in [5.41, 5.74) is -1.31. The SMILES string of the molecule is CC(=O)O[C@@H]1CC[C@@]2(C)C(CCC3C2C(=O)C[C@@]2(C)C3CC[C@@H]2[C@H](C)CCC(=CCCC(=O)C(C)(C)C)C(F)(F)F)C1. The van der Waals surface area contributed by atoms with Gasteiger partial charge in [0.05, 0.1) is 0 Å². The number of ether oxygens (including phenoxy) is 1. The lowest BCUT2D eigenvalue weighted by Gasteiger charge is -2.60. The summed E-state index contributed by atoms with van der Waals surface area (Å²) in [7, 11) is 0. The van der Waals surface area contributed by atoms with E-state index in [1.165, 1.54) is 13.0 Å². The first-order valence-electron chi connectivity index (χ1n) is 16.4. The van der Waals surface area contributed by atoms with Gasteiger partial charge in [0.2, 0.25) is 0 Å². The van der Waals surface area contributed by atoms with Gasteiger partial charge in [-0.1, -0.05) is 47.6 Å². The molecule has 4 fully saturated rings. The zero-order valence-corrected chi connectivity index (χ0v) is 26.9. The van der Waals surface area contributed by atoms with Crippen molar-refractivity contribution in [2.24, 2.45) is 51.8 Å². The van der Waals surface area contributed by atoms with Gasteiger partial charge < -0.3 is 4.74 Å². The number of hydrogen-bond acceptors (Lipinski definition) is 4. The number of rotatable bonds is 8. The molecule has 4 unspecified atom stereocenters. The quantitative estimate of drug-likeness (QED) is 0.208. The molecule has 0 N–H and O–H groups in total. The molecular weight excluding hydrogens is 541 g/mol. The van der Waals surface area contributed by atoms with Crippen LogP contribution in [0.3, 0.4) is 0 Å². The molecule has 238 valence electrons. The van der Waals surface area contributed by atoms with Gasteiger partial charge in [-0.2, -0.15) is 13.2 Å². The molecule has 0 amide bonds. The second-order valence-corrected chi connectivity index (χ2v) is 15.8. The Morgan fingerprint density at radius 2 is 1.71 bits per heavy atom. The standard InChI is InChI=1S/C35H53F3O4/c1-21(11-12-23(35(36,37)38)9-8-10-30(41)32(3,4)5)27-15-16-28-26-14-13-24-19-25(42-22(2)39)17-18-33(24,6)31(26)29(40)20-34(27,28)7/h9,21,24-28,31H,8,10-20H2,1-7H3/t21-,24?,25-,26?,27-,28?,31?,33+,34-/m1/s1. The molecule has 0 bridgehead atoms. The number of halogens is 3. The summed E-state index contributed by atoms with van der Waals surface area (Å²) in [6.45, 7) is 13.5. The van der Waals surface area contributed by atoms with Crippen LogP contribution < -0.4 is 0 Å². The van der Waals surface area contributed by atoms with Crippen molar-refractivity contribution in [1.82, 2.24) is 0 Å². The van der Waals surface area contributed by atoms with Crippen LogP contribution >= 0.6 is 0 Å². The minimum Gasteiger partial charge on any atom is -0.463 e. The zero-order valence-electron chi connectivity index (χ0n) is 26.9. The third kappa shape index (κ3) is 6.55. The van der Waals surface area contributed by atoms with Crippen molar-refractivity contribution in [3.8, 4) is 0 Å². The van der Waals surface area contributed by atoms with Gasteiger partial charge in [0.15, 0.2) is 0 Å². The number of ketones is 2. The van der Waals surface area contributed by atoms with Crippen molar-refractivity contribution in [1.29, 1.82) is 0 Å². The van der Waals surface area contributed by atoms with Crippen LogP contribution in [0, 0.1) is 51.8 Å². The van der Waals surface area contributed by atoms with E-state index in [-0.39, 0.29) is 65.7 Å². The summed E-state index contributed by atoms with van der Waals surface area (Å²) >= 11 is 0. The van der Waals surface area contributed by atoms with E-state index in [4.69, 9.17) is 4.74 Å². The average molecular weight is 595 g/mol. The number of hydrogen-bond donors (Lipinski definition) is 0. The fourth-order valence-corrected chi connectivity index (χ4v) is 10.0. The highest BCUT2D eigenvalue weighted by Crippen LogP contribution is 2.67. The molecule has 9 atom stereocenters. The largest absolute Gasteiger partial charge is 0.463 e. The molecule has 4 aliphatic rings. The fraction of sp³-hybridized carbons (Fsp3) is 0.857. The molecule has 0 aromatic rings. The number of fused-ring (bicyclic) bond motifs is 5. The lowest BCUT2D eigenvalue weighted by Crippen LogP contribution is -2.58. The molecule has 4 aliphatic carbocycles. The van der Waals surface area contributed by atoms with E-state index in [2.05, 4.69) is 20.8 Å². The summed E-state index contributed by atoms with van der Waals surface area (Å²) < 4.78 is 47.3. The van der Waals surface area contributed by atoms with Gasteiger partial charge in [0.1, 0.15) is 17.7 Å². The van der Waals surface area contributed by atoms with Crippen molar-refractivity contribution in [2.75, 3.05) is 0 Å². The molecule has 4 nitrogen and oxygen atoms in total. The minimum absolute atomic E-state index is 0.0286. The number of alkyl halides is 3. The molecule has 0 spiro atoms. The van der Waals surface area contributed by atoms with Crippen molar-refractivity contribution >= 4 is 17.5 Å². The topological polar surface area (TPSA) is 60.4 Å². The Balaban J connectivity index is 1.43. The summed E-state index contributed by atoms with van der Waals surface area (Å²) in [5.74, 6) is 1.59. The Bertz CT molecular complexity index is 1070. The summed E-state index contributed by atoms with van der Waals surface area (Å²) in [6.07, 6.45) is 4.57. The molecule has 4 saturated carbocycles. The maximum Gasteiger partial charge on any atom is 0.412 e. The minimum atomic E-state index is -4.40. The van der Waals surface area contributed by atoms with E-state index >= 15 is 0 Å². The van der Waals surface area contributed by atoms with Gasteiger partial charge in [-0.25, -0.2) is 0 Å². The Hall–Kier alpha value is -1.66. The number of carbonyl (C=O) groups excluding carboxylic acids is 3. The van der Waals surface area contributed by atoms with Crippen LogP contribution in [-0.4, -0.2) is 29.8 Å². The zero-order chi connectivity index (χ0) is 31.3. The Morgan fingerprint density at radius 1 is 1.02 bits per heavy atom. The number of esters is 1. The van der Waals surface area contributed by atoms with E-state index in [9.17, 15) is 27.6 Å². The number of carbonyl (C=O) groups is 3.